The lowest BCUT2D eigenvalue weighted by Gasteiger charge is -2.30. The third-order valence-electron chi connectivity index (χ3n) is 4.15. The van der Waals surface area contributed by atoms with Gasteiger partial charge >= 0.3 is 0 Å². The molecule has 0 atom stereocenters. The Balaban J connectivity index is 2.21. The largest absolute Gasteiger partial charge is 0.336 e. The predicted octanol–water partition coefficient (Wildman–Crippen LogP) is 5.06. The monoisotopic (exact) mass is 325 g/mol. The van der Waals surface area contributed by atoms with Gasteiger partial charge in [0.1, 0.15) is 0 Å². The van der Waals surface area contributed by atoms with E-state index >= 15 is 0 Å². The molecule has 0 radical (unpaired) electrons. The molecule has 0 N–H and O–H groups in total. The average Bonchev–Trinajstić information content (AvgIpc) is 2.95. The molecule has 116 valence electrons. The maximum Gasteiger partial charge on any atom is 0.255 e. The normalized spacial score (nSPS) is 15.7. The van der Waals surface area contributed by atoms with Crippen LogP contribution < -0.4 is 0 Å². The first-order valence-electron chi connectivity index (χ1n) is 7.78. The third kappa shape index (κ3) is 4.40. The minimum absolute atomic E-state index is 0.0588. The van der Waals surface area contributed by atoms with Crippen LogP contribution in [0.4, 0.5) is 0 Å². The van der Waals surface area contributed by atoms with Gasteiger partial charge in [-0.15, -0.1) is 12.6 Å². The molecule has 1 aromatic carbocycles. The van der Waals surface area contributed by atoms with Gasteiger partial charge in [-0.1, -0.05) is 38.3 Å². The van der Waals surface area contributed by atoms with E-state index in [0.29, 0.717) is 22.5 Å². The summed E-state index contributed by atoms with van der Waals surface area (Å²) in [6.07, 6.45) is 5.69. The quantitative estimate of drug-likeness (QED) is 0.750. The molecule has 0 heterocycles. The van der Waals surface area contributed by atoms with E-state index in [4.69, 9.17) is 11.6 Å². The Kier molecular flexibility index (Phi) is 6.00. The van der Waals surface area contributed by atoms with Gasteiger partial charge in [0.25, 0.3) is 5.91 Å². The van der Waals surface area contributed by atoms with Gasteiger partial charge in [0.2, 0.25) is 0 Å². The van der Waals surface area contributed by atoms with Crippen molar-refractivity contribution in [1.82, 2.24) is 4.90 Å². The summed E-state index contributed by atoms with van der Waals surface area (Å²) in [6, 6.07) is 5.73. The molecule has 1 aromatic rings. The summed E-state index contributed by atoms with van der Waals surface area (Å²) < 4.78 is 0. The molecule has 4 heteroatoms. The van der Waals surface area contributed by atoms with E-state index in [0.717, 1.165) is 30.7 Å². The second-order valence-electron chi connectivity index (χ2n) is 6.28. The van der Waals surface area contributed by atoms with Crippen LogP contribution >= 0.6 is 24.2 Å². The molecule has 0 unspecified atom stereocenters. The topological polar surface area (TPSA) is 20.3 Å². The van der Waals surface area contributed by atoms with E-state index in [9.17, 15) is 4.79 Å². The van der Waals surface area contributed by atoms with Gasteiger partial charge in [-0.3, -0.25) is 4.79 Å². The van der Waals surface area contributed by atoms with Crippen molar-refractivity contribution in [2.24, 2.45) is 5.92 Å². The Bertz CT molecular complexity index is 498. The molecule has 2 nitrogen and oxygen atoms in total. The lowest BCUT2D eigenvalue weighted by atomic mass is 10.1. The molecular formula is C17H24ClNOS. The van der Waals surface area contributed by atoms with Gasteiger partial charge in [-0.2, -0.15) is 0 Å². The van der Waals surface area contributed by atoms with Crippen molar-refractivity contribution in [2.45, 2.75) is 56.9 Å². The highest BCUT2D eigenvalue weighted by Gasteiger charge is 2.28. The van der Waals surface area contributed by atoms with Crippen LogP contribution in [0, 0.1) is 5.92 Å². The number of thiol groups is 1. The number of carbonyl (C=O) groups is 1. The van der Waals surface area contributed by atoms with Crippen molar-refractivity contribution in [3.05, 3.63) is 28.8 Å². The molecule has 1 saturated carbocycles. The van der Waals surface area contributed by atoms with Crippen LogP contribution in [-0.4, -0.2) is 23.4 Å². The summed E-state index contributed by atoms with van der Waals surface area (Å²) in [5.41, 5.74) is 0.583. The van der Waals surface area contributed by atoms with Crippen LogP contribution in [-0.2, 0) is 0 Å². The van der Waals surface area contributed by atoms with Gasteiger partial charge < -0.3 is 4.90 Å². The zero-order valence-corrected chi connectivity index (χ0v) is 14.5. The number of benzene rings is 1. The van der Waals surface area contributed by atoms with Gasteiger partial charge in [0, 0.05) is 17.5 Å². The van der Waals surface area contributed by atoms with E-state index in [1.54, 1.807) is 12.1 Å². The van der Waals surface area contributed by atoms with E-state index < -0.39 is 0 Å². The molecule has 1 fully saturated rings. The first-order valence-corrected chi connectivity index (χ1v) is 8.61. The van der Waals surface area contributed by atoms with Crippen molar-refractivity contribution in [3.63, 3.8) is 0 Å². The van der Waals surface area contributed by atoms with Crippen molar-refractivity contribution < 1.29 is 4.79 Å². The summed E-state index contributed by atoms with van der Waals surface area (Å²) in [5, 5.41) is 0.519. The summed E-state index contributed by atoms with van der Waals surface area (Å²) in [6.45, 7) is 5.20. The van der Waals surface area contributed by atoms with Crippen LogP contribution in [0.3, 0.4) is 0 Å². The van der Waals surface area contributed by atoms with Crippen LogP contribution in [0.1, 0.15) is 56.3 Å². The zero-order valence-electron chi connectivity index (χ0n) is 12.8. The molecule has 0 spiro atoms. The fourth-order valence-electron chi connectivity index (χ4n) is 2.90. The first-order chi connectivity index (χ1) is 9.99. The zero-order chi connectivity index (χ0) is 15.4. The summed E-state index contributed by atoms with van der Waals surface area (Å²) >= 11 is 10.6. The predicted molar refractivity (Wildman–Crippen MR) is 91.5 cm³/mol. The fraction of sp³-hybridized carbons (Fsp3) is 0.588. The third-order valence-corrected chi connectivity index (χ3v) is 4.76. The molecule has 1 aliphatic rings. The lowest BCUT2D eigenvalue weighted by Crippen LogP contribution is -2.40. The Hall–Kier alpha value is -0.670. The Morgan fingerprint density at radius 2 is 2.05 bits per heavy atom. The highest BCUT2D eigenvalue weighted by atomic mass is 35.5. The maximum atomic E-state index is 12.9. The van der Waals surface area contributed by atoms with Crippen molar-refractivity contribution in [3.8, 4) is 0 Å². The summed E-state index contributed by atoms with van der Waals surface area (Å²) in [7, 11) is 0. The fourth-order valence-corrected chi connectivity index (χ4v) is 3.30. The Morgan fingerprint density at radius 3 is 2.67 bits per heavy atom. The van der Waals surface area contributed by atoms with Gasteiger partial charge in [0.15, 0.2) is 0 Å². The lowest BCUT2D eigenvalue weighted by molar-refractivity contribution is 0.0672. The molecule has 1 aliphatic carbocycles. The van der Waals surface area contributed by atoms with Crippen LogP contribution in [0.5, 0.6) is 0 Å². The minimum Gasteiger partial charge on any atom is -0.336 e. The van der Waals surface area contributed by atoms with Crippen LogP contribution in [0.2, 0.25) is 5.02 Å². The van der Waals surface area contributed by atoms with Gasteiger partial charge in [-0.05, 0) is 43.4 Å². The highest BCUT2D eigenvalue weighted by molar-refractivity contribution is 7.80. The second kappa shape index (κ2) is 7.55. The smallest absolute Gasteiger partial charge is 0.255 e. The minimum atomic E-state index is 0.0588. The van der Waals surface area contributed by atoms with Crippen LogP contribution in [0.15, 0.2) is 23.1 Å². The standard InChI is InChI=1S/C17H24ClNOS/c1-12(2)9-10-19(13-5-3-4-6-13)17(20)15-11-14(21)7-8-16(15)18/h7-8,11-13,21H,3-6,9-10H2,1-2H3. The average molecular weight is 326 g/mol. The highest BCUT2D eigenvalue weighted by Crippen LogP contribution is 2.28. The van der Waals surface area contributed by atoms with E-state index in [-0.39, 0.29) is 5.91 Å². The second-order valence-corrected chi connectivity index (χ2v) is 7.21. The Morgan fingerprint density at radius 1 is 1.38 bits per heavy atom. The molecule has 1 amide bonds. The van der Waals surface area contributed by atoms with Gasteiger partial charge in [-0.25, -0.2) is 0 Å². The number of rotatable bonds is 5. The summed E-state index contributed by atoms with van der Waals surface area (Å²) in [4.78, 5) is 15.7. The summed E-state index contributed by atoms with van der Waals surface area (Å²) in [5.74, 6) is 0.650. The molecule has 0 aromatic heterocycles. The van der Waals surface area contributed by atoms with E-state index in [1.807, 2.05) is 11.0 Å². The number of hydrogen-bond donors (Lipinski definition) is 1. The number of amides is 1. The van der Waals surface area contributed by atoms with E-state index in [2.05, 4.69) is 26.5 Å². The number of nitrogens with zero attached hydrogens (tertiary/aromatic N) is 1. The van der Waals surface area contributed by atoms with Crippen molar-refractivity contribution in [2.75, 3.05) is 6.54 Å². The number of hydrogen-bond acceptors (Lipinski definition) is 2. The SMILES string of the molecule is CC(C)CCN(C(=O)c1cc(S)ccc1Cl)C1CCCC1. The van der Waals surface area contributed by atoms with Crippen LogP contribution in [0.25, 0.3) is 0 Å². The number of carbonyl (C=O) groups excluding carboxylic acids is 1. The Labute approximate surface area is 138 Å². The van der Waals surface area contributed by atoms with Gasteiger partial charge in [0.05, 0.1) is 10.6 Å². The van der Waals surface area contributed by atoms with Crippen molar-refractivity contribution in [1.29, 1.82) is 0 Å². The molecule has 0 saturated heterocycles. The molecular weight excluding hydrogens is 302 g/mol. The van der Waals surface area contributed by atoms with E-state index in [1.165, 1.54) is 12.8 Å². The number of halogens is 1. The first kappa shape index (κ1) is 16.7. The molecule has 21 heavy (non-hydrogen) atoms. The molecule has 2 rings (SSSR count). The molecule has 0 bridgehead atoms. The molecule has 0 aliphatic heterocycles. The maximum absolute atomic E-state index is 12.9. The van der Waals surface area contributed by atoms with Crippen molar-refractivity contribution >= 4 is 30.1 Å².